The first-order valence-electron chi connectivity index (χ1n) is 14.3. The number of hydrogen-bond acceptors (Lipinski definition) is 5. The molecule has 2 amide bonds. The van der Waals surface area contributed by atoms with E-state index >= 15 is 0 Å². The van der Waals surface area contributed by atoms with Crippen molar-refractivity contribution < 1.29 is 27.1 Å². The lowest BCUT2D eigenvalue weighted by Gasteiger charge is -2.33. The topological polar surface area (TPSA) is 96.0 Å². The van der Waals surface area contributed by atoms with E-state index in [0.29, 0.717) is 24.5 Å². The first kappa shape index (κ1) is 32.2. The number of anilines is 1. The van der Waals surface area contributed by atoms with E-state index in [4.69, 9.17) is 4.74 Å². The maximum absolute atomic E-state index is 14.9. The number of carbonyl (C=O) groups excluding carboxylic acids is 2. The number of para-hydroxylation sites is 1. The Morgan fingerprint density at radius 1 is 0.841 bits per heavy atom. The Morgan fingerprint density at radius 3 is 2.05 bits per heavy atom. The maximum atomic E-state index is 14.9. The summed E-state index contributed by atoms with van der Waals surface area (Å²) in [6, 6.07) is 29.6. The molecule has 1 atom stereocenters. The van der Waals surface area contributed by atoms with E-state index < -0.39 is 40.2 Å². The zero-order valence-corrected chi connectivity index (χ0v) is 25.5. The average molecular weight is 618 g/mol. The van der Waals surface area contributed by atoms with Crippen LogP contribution in [0.5, 0.6) is 11.5 Å². The standard InChI is InChI=1S/C34H36FN3O5S/c1-3-22-36-34(40)32(23-26-12-6-4-7-13-26)37(24-27-14-10-11-17-31(27)35)33(39)25-38(44(2,41)42)28-18-20-30(21-19-28)43-29-15-8-5-9-16-29/h4-21,32H,3,22-25H2,1-2H3,(H,36,40). The number of rotatable bonds is 14. The number of nitrogens with zero attached hydrogens (tertiary/aromatic N) is 2. The highest BCUT2D eigenvalue weighted by Gasteiger charge is 2.33. The Kier molecular flexibility index (Phi) is 11.1. The second-order valence-corrected chi connectivity index (χ2v) is 12.2. The Bertz CT molecular complexity index is 1630. The van der Waals surface area contributed by atoms with Gasteiger partial charge in [0.25, 0.3) is 0 Å². The molecule has 0 saturated heterocycles. The largest absolute Gasteiger partial charge is 0.457 e. The van der Waals surface area contributed by atoms with Gasteiger partial charge in [-0.1, -0.05) is 73.7 Å². The van der Waals surface area contributed by atoms with Crippen LogP contribution in [-0.4, -0.2) is 50.5 Å². The van der Waals surface area contributed by atoms with Crippen molar-refractivity contribution >= 4 is 27.5 Å². The van der Waals surface area contributed by atoms with Crippen LogP contribution in [0.1, 0.15) is 24.5 Å². The highest BCUT2D eigenvalue weighted by molar-refractivity contribution is 7.92. The highest BCUT2D eigenvalue weighted by Crippen LogP contribution is 2.26. The average Bonchev–Trinajstić information content (AvgIpc) is 3.02. The lowest BCUT2D eigenvalue weighted by Crippen LogP contribution is -2.53. The van der Waals surface area contributed by atoms with Crippen LogP contribution in [-0.2, 0) is 32.6 Å². The van der Waals surface area contributed by atoms with Crippen molar-refractivity contribution in [2.45, 2.75) is 32.4 Å². The monoisotopic (exact) mass is 617 g/mol. The van der Waals surface area contributed by atoms with Crippen molar-refractivity contribution in [1.82, 2.24) is 10.2 Å². The molecule has 44 heavy (non-hydrogen) atoms. The molecule has 4 aromatic rings. The van der Waals surface area contributed by atoms with E-state index in [1.807, 2.05) is 55.5 Å². The molecule has 1 N–H and O–H groups in total. The van der Waals surface area contributed by atoms with Crippen LogP contribution in [0.4, 0.5) is 10.1 Å². The molecule has 10 heteroatoms. The van der Waals surface area contributed by atoms with Gasteiger partial charge in [-0.3, -0.25) is 13.9 Å². The summed E-state index contributed by atoms with van der Waals surface area (Å²) in [7, 11) is -3.95. The van der Waals surface area contributed by atoms with Gasteiger partial charge < -0.3 is 15.0 Å². The minimum absolute atomic E-state index is 0.154. The summed E-state index contributed by atoms with van der Waals surface area (Å²) < 4.78 is 47.7. The molecule has 0 heterocycles. The van der Waals surface area contributed by atoms with E-state index in [9.17, 15) is 22.4 Å². The van der Waals surface area contributed by atoms with Gasteiger partial charge in [0.1, 0.15) is 29.9 Å². The highest BCUT2D eigenvalue weighted by atomic mass is 32.2. The van der Waals surface area contributed by atoms with Crippen LogP contribution in [0.15, 0.2) is 109 Å². The summed E-state index contributed by atoms with van der Waals surface area (Å²) in [4.78, 5) is 28.9. The number of amides is 2. The fourth-order valence-electron chi connectivity index (χ4n) is 4.65. The fourth-order valence-corrected chi connectivity index (χ4v) is 5.50. The SMILES string of the molecule is CCCNC(=O)C(Cc1ccccc1)N(Cc1ccccc1F)C(=O)CN(c1ccc(Oc2ccccc2)cc1)S(C)(=O)=O. The molecule has 230 valence electrons. The predicted molar refractivity (Wildman–Crippen MR) is 169 cm³/mol. The zero-order valence-electron chi connectivity index (χ0n) is 24.7. The van der Waals surface area contributed by atoms with E-state index in [2.05, 4.69) is 5.32 Å². The van der Waals surface area contributed by atoms with Crippen LogP contribution in [0, 0.1) is 5.82 Å². The number of nitrogens with one attached hydrogen (secondary N) is 1. The van der Waals surface area contributed by atoms with E-state index in [1.54, 1.807) is 48.5 Å². The number of hydrogen-bond donors (Lipinski definition) is 1. The van der Waals surface area contributed by atoms with Gasteiger partial charge in [-0.15, -0.1) is 0 Å². The van der Waals surface area contributed by atoms with Crippen LogP contribution >= 0.6 is 0 Å². The molecule has 0 saturated carbocycles. The fraction of sp³-hybridized carbons (Fsp3) is 0.235. The minimum atomic E-state index is -3.95. The summed E-state index contributed by atoms with van der Waals surface area (Å²) in [5.41, 5.74) is 1.24. The Hall–Kier alpha value is -4.70. The quantitative estimate of drug-likeness (QED) is 0.200. The molecule has 4 rings (SSSR count). The van der Waals surface area contributed by atoms with Gasteiger partial charge in [-0.2, -0.15) is 0 Å². The molecule has 0 aliphatic carbocycles. The molecular weight excluding hydrogens is 581 g/mol. The van der Waals surface area contributed by atoms with Crippen molar-refractivity contribution in [3.05, 3.63) is 126 Å². The van der Waals surface area contributed by atoms with Crippen LogP contribution in [0.25, 0.3) is 0 Å². The Morgan fingerprint density at radius 2 is 1.43 bits per heavy atom. The third-order valence-electron chi connectivity index (χ3n) is 6.90. The summed E-state index contributed by atoms with van der Waals surface area (Å²) in [5.74, 6) is -0.502. The van der Waals surface area contributed by atoms with Crippen LogP contribution in [0.3, 0.4) is 0 Å². The predicted octanol–water partition coefficient (Wildman–Crippen LogP) is 5.55. The second kappa shape index (κ2) is 15.2. The normalized spacial score (nSPS) is 11.8. The molecule has 0 aromatic heterocycles. The lowest BCUT2D eigenvalue weighted by atomic mass is 10.0. The van der Waals surface area contributed by atoms with Gasteiger partial charge in [0.2, 0.25) is 21.8 Å². The number of carbonyl (C=O) groups is 2. The molecule has 0 spiro atoms. The third kappa shape index (κ3) is 8.90. The summed E-state index contributed by atoms with van der Waals surface area (Å²) in [6.45, 7) is 1.47. The summed E-state index contributed by atoms with van der Waals surface area (Å²) in [6.07, 6.45) is 1.84. The van der Waals surface area contributed by atoms with Gasteiger partial charge in [0.05, 0.1) is 11.9 Å². The first-order valence-corrected chi connectivity index (χ1v) is 16.2. The molecule has 0 bridgehead atoms. The molecule has 0 aliphatic rings. The van der Waals surface area contributed by atoms with E-state index in [-0.39, 0.29) is 24.2 Å². The van der Waals surface area contributed by atoms with Crippen molar-refractivity contribution in [2.75, 3.05) is 23.7 Å². The molecule has 0 aliphatic heterocycles. The van der Waals surface area contributed by atoms with Gasteiger partial charge in [0.15, 0.2) is 0 Å². The Balaban J connectivity index is 1.67. The number of sulfonamides is 1. The van der Waals surface area contributed by atoms with Crippen molar-refractivity contribution in [3.63, 3.8) is 0 Å². The van der Waals surface area contributed by atoms with E-state index in [1.165, 1.54) is 17.0 Å². The van der Waals surface area contributed by atoms with E-state index in [0.717, 1.165) is 16.1 Å². The molecule has 4 aromatic carbocycles. The number of benzene rings is 4. The van der Waals surface area contributed by atoms with Crippen LogP contribution < -0.4 is 14.4 Å². The maximum Gasteiger partial charge on any atom is 0.244 e. The molecular formula is C34H36FN3O5S. The van der Waals surface area contributed by atoms with Crippen molar-refractivity contribution in [3.8, 4) is 11.5 Å². The van der Waals surface area contributed by atoms with Gasteiger partial charge >= 0.3 is 0 Å². The smallest absolute Gasteiger partial charge is 0.244 e. The van der Waals surface area contributed by atoms with Gasteiger partial charge in [-0.05, 0) is 54.4 Å². The van der Waals surface area contributed by atoms with Crippen molar-refractivity contribution in [1.29, 1.82) is 0 Å². The minimum Gasteiger partial charge on any atom is -0.457 e. The summed E-state index contributed by atoms with van der Waals surface area (Å²) >= 11 is 0. The second-order valence-electron chi connectivity index (χ2n) is 10.3. The number of ether oxygens (including phenoxy) is 1. The lowest BCUT2D eigenvalue weighted by molar-refractivity contribution is -0.140. The molecule has 1 unspecified atom stereocenters. The van der Waals surface area contributed by atoms with Crippen molar-refractivity contribution in [2.24, 2.45) is 0 Å². The Labute approximate surface area is 258 Å². The third-order valence-corrected chi connectivity index (χ3v) is 8.04. The molecule has 8 nitrogen and oxygen atoms in total. The van der Waals surface area contributed by atoms with Gasteiger partial charge in [0, 0.05) is 25.1 Å². The van der Waals surface area contributed by atoms with Gasteiger partial charge in [-0.25, -0.2) is 12.8 Å². The van der Waals surface area contributed by atoms with Crippen LogP contribution in [0.2, 0.25) is 0 Å². The summed E-state index contributed by atoms with van der Waals surface area (Å²) in [5, 5.41) is 2.86. The first-order chi connectivity index (χ1) is 21.2. The zero-order chi connectivity index (χ0) is 31.5. The number of halogens is 1. The molecule has 0 radical (unpaired) electrons. The molecule has 0 fully saturated rings.